The minimum absolute atomic E-state index is 0.342. The molecule has 1 atom stereocenters. The predicted octanol–water partition coefficient (Wildman–Crippen LogP) is 1.24. The quantitative estimate of drug-likeness (QED) is 0.826. The molecule has 6 heteroatoms. The molecule has 5 nitrogen and oxygen atoms in total. The maximum atomic E-state index is 10.2. The number of aromatic nitrogens is 2. The van der Waals surface area contributed by atoms with Crippen LogP contribution < -0.4 is 0 Å². The minimum atomic E-state index is -1.00. The van der Waals surface area contributed by atoms with E-state index in [2.05, 4.69) is 4.98 Å². The minimum Gasteiger partial charge on any atom is -0.480 e. The van der Waals surface area contributed by atoms with Gasteiger partial charge in [0.25, 0.3) is 0 Å². The van der Waals surface area contributed by atoms with E-state index in [-0.39, 0.29) is 12.7 Å². The van der Waals surface area contributed by atoms with Crippen LogP contribution >= 0.6 is 11.6 Å². The number of hydrogen-bond donors (Lipinski definition) is 1. The molecular formula is C8H11ClN2O3. The van der Waals surface area contributed by atoms with Gasteiger partial charge in [-0.15, -0.1) is 0 Å². The van der Waals surface area contributed by atoms with Crippen LogP contribution in [0.4, 0.5) is 0 Å². The van der Waals surface area contributed by atoms with Gasteiger partial charge in [-0.05, 0) is 6.92 Å². The second-order valence-corrected chi connectivity index (χ2v) is 3.27. The summed E-state index contributed by atoms with van der Waals surface area (Å²) in [5, 5.41) is 8.77. The molecule has 0 saturated carbocycles. The SMILES string of the molecule is CC(OCC(=O)O)c1nc(Cl)cn1C. The van der Waals surface area contributed by atoms with Crippen LogP contribution in [0, 0.1) is 0 Å². The number of carbonyl (C=O) groups is 1. The molecule has 0 aliphatic carbocycles. The van der Waals surface area contributed by atoms with Gasteiger partial charge in [0, 0.05) is 13.2 Å². The molecule has 1 aromatic rings. The smallest absolute Gasteiger partial charge is 0.329 e. The van der Waals surface area contributed by atoms with E-state index in [0.717, 1.165) is 0 Å². The van der Waals surface area contributed by atoms with Gasteiger partial charge in [0.15, 0.2) is 0 Å². The Morgan fingerprint density at radius 3 is 2.93 bits per heavy atom. The van der Waals surface area contributed by atoms with Crippen molar-refractivity contribution >= 4 is 17.6 Å². The number of imidazole rings is 1. The maximum Gasteiger partial charge on any atom is 0.329 e. The summed E-state index contributed by atoms with van der Waals surface area (Å²) in [5.41, 5.74) is 0. The van der Waals surface area contributed by atoms with E-state index in [1.165, 1.54) is 0 Å². The van der Waals surface area contributed by atoms with Crippen molar-refractivity contribution in [3.05, 3.63) is 17.2 Å². The van der Waals surface area contributed by atoms with E-state index in [1.54, 1.807) is 24.7 Å². The average molecular weight is 219 g/mol. The van der Waals surface area contributed by atoms with Crippen LogP contribution in [0.5, 0.6) is 0 Å². The van der Waals surface area contributed by atoms with E-state index >= 15 is 0 Å². The molecule has 0 aliphatic rings. The maximum absolute atomic E-state index is 10.2. The molecule has 1 heterocycles. The van der Waals surface area contributed by atoms with Crippen LogP contribution in [0.25, 0.3) is 0 Å². The number of aliphatic carboxylic acids is 1. The molecule has 1 aromatic heterocycles. The van der Waals surface area contributed by atoms with Crippen LogP contribution in [-0.2, 0) is 16.6 Å². The molecule has 1 unspecified atom stereocenters. The van der Waals surface area contributed by atoms with Crippen LogP contribution in [-0.4, -0.2) is 27.2 Å². The van der Waals surface area contributed by atoms with Gasteiger partial charge in [-0.1, -0.05) is 11.6 Å². The molecule has 14 heavy (non-hydrogen) atoms. The first kappa shape index (κ1) is 11.0. The fourth-order valence-corrected chi connectivity index (χ4v) is 1.32. The van der Waals surface area contributed by atoms with Crippen LogP contribution in [0.15, 0.2) is 6.20 Å². The Balaban J connectivity index is 2.64. The zero-order valence-corrected chi connectivity index (χ0v) is 8.65. The highest BCUT2D eigenvalue weighted by Crippen LogP contribution is 2.17. The van der Waals surface area contributed by atoms with Crippen molar-refractivity contribution in [2.24, 2.45) is 7.05 Å². The number of rotatable bonds is 4. The van der Waals surface area contributed by atoms with E-state index in [1.807, 2.05) is 0 Å². The molecular weight excluding hydrogens is 208 g/mol. The van der Waals surface area contributed by atoms with Crippen molar-refractivity contribution in [2.75, 3.05) is 6.61 Å². The predicted molar refractivity (Wildman–Crippen MR) is 50.2 cm³/mol. The first-order valence-corrected chi connectivity index (χ1v) is 4.40. The first-order valence-electron chi connectivity index (χ1n) is 4.03. The van der Waals surface area contributed by atoms with Crippen molar-refractivity contribution in [3.63, 3.8) is 0 Å². The van der Waals surface area contributed by atoms with Crippen LogP contribution in [0.2, 0.25) is 5.15 Å². The lowest BCUT2D eigenvalue weighted by molar-refractivity contribution is -0.144. The molecule has 1 N–H and O–H groups in total. The van der Waals surface area contributed by atoms with Crippen molar-refractivity contribution in [3.8, 4) is 0 Å². The van der Waals surface area contributed by atoms with Crippen molar-refractivity contribution in [2.45, 2.75) is 13.0 Å². The summed E-state index contributed by atoms with van der Waals surface area (Å²) in [6.07, 6.45) is 1.25. The first-order chi connectivity index (χ1) is 6.50. The summed E-state index contributed by atoms with van der Waals surface area (Å²) < 4.78 is 6.75. The zero-order chi connectivity index (χ0) is 10.7. The summed E-state index contributed by atoms with van der Waals surface area (Å²) in [6.45, 7) is 1.38. The highest BCUT2D eigenvalue weighted by molar-refractivity contribution is 6.29. The van der Waals surface area contributed by atoms with Gasteiger partial charge in [-0.3, -0.25) is 0 Å². The average Bonchev–Trinajstić information content (AvgIpc) is 2.41. The fourth-order valence-electron chi connectivity index (χ4n) is 1.09. The third kappa shape index (κ3) is 2.71. The lowest BCUT2D eigenvalue weighted by atomic mass is 10.4. The third-order valence-corrected chi connectivity index (χ3v) is 1.89. The molecule has 0 saturated heterocycles. The topological polar surface area (TPSA) is 64.3 Å². The van der Waals surface area contributed by atoms with E-state index in [0.29, 0.717) is 11.0 Å². The Morgan fingerprint density at radius 1 is 1.86 bits per heavy atom. The van der Waals surface area contributed by atoms with E-state index in [9.17, 15) is 4.79 Å². The lowest BCUT2D eigenvalue weighted by Crippen LogP contribution is -2.12. The fraction of sp³-hybridized carbons (Fsp3) is 0.500. The third-order valence-electron chi connectivity index (χ3n) is 1.70. The normalized spacial score (nSPS) is 12.8. The monoisotopic (exact) mass is 218 g/mol. The largest absolute Gasteiger partial charge is 0.480 e. The number of carboxylic acid groups (broad SMARTS) is 1. The Hall–Kier alpha value is -1.07. The van der Waals surface area contributed by atoms with Gasteiger partial charge in [0.1, 0.15) is 23.7 Å². The zero-order valence-electron chi connectivity index (χ0n) is 7.90. The van der Waals surface area contributed by atoms with Gasteiger partial charge in [0.05, 0.1) is 0 Å². The highest BCUT2D eigenvalue weighted by atomic mass is 35.5. The standard InChI is InChI=1S/C8H11ClN2O3/c1-5(14-4-7(12)13)8-10-6(9)3-11(8)2/h3,5H,4H2,1-2H3,(H,12,13). The Bertz CT molecular complexity index is 337. The Labute approximate surface area is 86.3 Å². The molecule has 0 bridgehead atoms. The van der Waals surface area contributed by atoms with Gasteiger partial charge in [0.2, 0.25) is 0 Å². The van der Waals surface area contributed by atoms with Crippen LogP contribution in [0.1, 0.15) is 18.9 Å². The van der Waals surface area contributed by atoms with Gasteiger partial charge >= 0.3 is 5.97 Å². The summed E-state index contributed by atoms with van der Waals surface area (Å²) in [6, 6.07) is 0. The molecule has 0 amide bonds. The number of hydrogen-bond acceptors (Lipinski definition) is 3. The van der Waals surface area contributed by atoms with E-state index < -0.39 is 5.97 Å². The molecule has 78 valence electrons. The van der Waals surface area contributed by atoms with Crippen molar-refractivity contribution < 1.29 is 14.6 Å². The number of nitrogens with zero attached hydrogens (tertiary/aromatic N) is 2. The lowest BCUT2D eigenvalue weighted by Gasteiger charge is -2.10. The highest BCUT2D eigenvalue weighted by Gasteiger charge is 2.13. The number of ether oxygens (including phenoxy) is 1. The summed E-state index contributed by atoms with van der Waals surface area (Å²) >= 11 is 5.67. The molecule has 0 aromatic carbocycles. The van der Waals surface area contributed by atoms with Gasteiger partial charge in [-0.25, -0.2) is 9.78 Å². The molecule has 0 radical (unpaired) electrons. The van der Waals surface area contributed by atoms with Crippen LogP contribution in [0.3, 0.4) is 0 Å². The second kappa shape index (κ2) is 4.43. The second-order valence-electron chi connectivity index (χ2n) is 2.88. The number of halogens is 1. The Morgan fingerprint density at radius 2 is 2.50 bits per heavy atom. The number of carboxylic acids is 1. The molecule has 0 spiro atoms. The van der Waals surface area contributed by atoms with Gasteiger partial charge in [-0.2, -0.15) is 0 Å². The summed E-state index contributed by atoms with van der Waals surface area (Å²) in [5.74, 6) is -0.395. The van der Waals surface area contributed by atoms with Crippen molar-refractivity contribution in [1.29, 1.82) is 0 Å². The van der Waals surface area contributed by atoms with Crippen molar-refractivity contribution in [1.82, 2.24) is 9.55 Å². The number of aryl methyl sites for hydroxylation is 1. The van der Waals surface area contributed by atoms with Gasteiger partial charge < -0.3 is 14.4 Å². The Kier molecular flexibility index (Phi) is 3.49. The van der Waals surface area contributed by atoms with E-state index in [4.69, 9.17) is 21.4 Å². The summed E-state index contributed by atoms with van der Waals surface area (Å²) in [7, 11) is 1.77. The molecule has 0 aliphatic heterocycles. The summed E-state index contributed by atoms with van der Waals surface area (Å²) in [4.78, 5) is 14.2. The molecule has 1 rings (SSSR count). The molecule has 0 fully saturated rings.